The van der Waals surface area contributed by atoms with Crippen molar-refractivity contribution in [2.24, 2.45) is 5.92 Å². The number of para-hydroxylation sites is 2. The number of anilines is 2. The molecule has 2 saturated heterocycles. The number of hydrogen-bond acceptors (Lipinski definition) is 6. The van der Waals surface area contributed by atoms with Crippen molar-refractivity contribution < 1.29 is 19.1 Å². The van der Waals surface area contributed by atoms with Gasteiger partial charge >= 0.3 is 0 Å². The molecule has 188 valence electrons. The summed E-state index contributed by atoms with van der Waals surface area (Å²) in [6.07, 6.45) is 1.53. The van der Waals surface area contributed by atoms with E-state index in [1.165, 1.54) is 0 Å². The van der Waals surface area contributed by atoms with Gasteiger partial charge in [-0.3, -0.25) is 19.3 Å². The molecule has 8 nitrogen and oxygen atoms in total. The summed E-state index contributed by atoms with van der Waals surface area (Å²) < 4.78 is 5.37. The first-order chi connectivity index (χ1) is 18.5. The third kappa shape index (κ3) is 2.59. The van der Waals surface area contributed by atoms with Crippen LogP contribution in [0.3, 0.4) is 0 Å². The summed E-state index contributed by atoms with van der Waals surface area (Å²) in [6, 6.07) is 23.2. The molecule has 0 bridgehead atoms. The quantitative estimate of drug-likeness (QED) is 0.525. The van der Waals surface area contributed by atoms with Crippen molar-refractivity contribution >= 4 is 29.0 Å². The summed E-state index contributed by atoms with van der Waals surface area (Å²) in [6.45, 7) is 0.512. The van der Waals surface area contributed by atoms with Crippen molar-refractivity contribution in [1.29, 1.82) is 5.26 Å². The molecule has 0 saturated carbocycles. The van der Waals surface area contributed by atoms with Gasteiger partial charge in [0.05, 0.1) is 5.92 Å². The summed E-state index contributed by atoms with van der Waals surface area (Å²) in [5.41, 5.74) is 0.334. The van der Waals surface area contributed by atoms with Crippen molar-refractivity contribution in [3.8, 4) is 11.8 Å². The van der Waals surface area contributed by atoms with E-state index in [-0.39, 0.29) is 30.2 Å². The van der Waals surface area contributed by atoms with E-state index in [4.69, 9.17) is 10.00 Å². The molecule has 2 spiro atoms. The lowest BCUT2D eigenvalue weighted by molar-refractivity contribution is -0.137. The van der Waals surface area contributed by atoms with E-state index >= 15 is 0 Å². The zero-order valence-corrected chi connectivity index (χ0v) is 20.4. The van der Waals surface area contributed by atoms with Crippen LogP contribution in [0.25, 0.3) is 0 Å². The van der Waals surface area contributed by atoms with Crippen LogP contribution in [-0.4, -0.2) is 41.7 Å². The second-order valence-electron chi connectivity index (χ2n) is 10.2. The van der Waals surface area contributed by atoms with Crippen LogP contribution < -0.4 is 15.4 Å². The van der Waals surface area contributed by atoms with Crippen molar-refractivity contribution in [3.05, 3.63) is 89.5 Å². The summed E-state index contributed by atoms with van der Waals surface area (Å²) in [5.74, 6) is -1.09. The highest BCUT2D eigenvalue weighted by molar-refractivity contribution is 6.21. The van der Waals surface area contributed by atoms with Crippen molar-refractivity contribution in [2.75, 3.05) is 23.8 Å². The number of fused-ring (bicyclic) bond motifs is 7. The second kappa shape index (κ2) is 8.01. The van der Waals surface area contributed by atoms with Gasteiger partial charge in [-0.25, -0.2) is 0 Å². The minimum absolute atomic E-state index is 0.0932. The highest BCUT2D eigenvalue weighted by atomic mass is 16.5. The lowest BCUT2D eigenvalue weighted by Gasteiger charge is -2.43. The average Bonchev–Trinajstić information content (AvgIpc) is 3.66. The molecule has 0 unspecified atom stereocenters. The Morgan fingerprint density at radius 2 is 1.61 bits per heavy atom. The molecule has 4 heterocycles. The number of amides is 2. The number of ketones is 1. The Labute approximate surface area is 219 Å². The smallest absolute Gasteiger partial charge is 0.251 e. The number of nitrogens with zero attached hydrogens (tertiary/aromatic N) is 2. The standard InChI is InChI=1S/C30H24N4O4/c31-15-17-38-19-13-11-18(12-14-19)26(35)25-24-10-5-16-34(24)30(21-7-2-4-9-23(21)33-28(30)37)29(25)20-6-1-3-8-22(20)32-27(29)36/h1-4,6-9,11-14,24-25H,5,10,16-17H2,(H,32,36)(H,33,37)/t24-,25+,29-,30+/m0/s1. The van der Waals surface area contributed by atoms with Crippen LogP contribution in [0.4, 0.5) is 11.4 Å². The van der Waals surface area contributed by atoms with Gasteiger partial charge in [0, 0.05) is 28.5 Å². The lowest BCUT2D eigenvalue weighted by Crippen LogP contribution is -2.62. The first kappa shape index (κ1) is 22.7. The molecule has 4 atom stereocenters. The monoisotopic (exact) mass is 504 g/mol. The van der Waals surface area contributed by atoms with Crippen LogP contribution in [-0.2, 0) is 20.5 Å². The number of hydrogen-bond donors (Lipinski definition) is 2. The van der Waals surface area contributed by atoms with Crippen LogP contribution >= 0.6 is 0 Å². The number of nitrogens with one attached hydrogen (secondary N) is 2. The molecule has 8 heteroatoms. The van der Waals surface area contributed by atoms with Crippen LogP contribution in [0.2, 0.25) is 0 Å². The molecular weight excluding hydrogens is 480 g/mol. The molecule has 3 aromatic rings. The van der Waals surface area contributed by atoms with E-state index in [0.29, 0.717) is 41.2 Å². The van der Waals surface area contributed by atoms with Gasteiger partial charge < -0.3 is 15.4 Å². The molecule has 2 amide bonds. The van der Waals surface area contributed by atoms with Crippen molar-refractivity contribution in [1.82, 2.24) is 4.90 Å². The SMILES string of the molecule is N#CCOc1ccc(C(=O)[C@H]2[C@@H]3CCCN3[C@]3(C(=O)Nc4ccccc43)[C@]23C(=O)Nc2ccccc23)cc1. The van der Waals surface area contributed by atoms with E-state index in [2.05, 4.69) is 15.5 Å². The van der Waals surface area contributed by atoms with Gasteiger partial charge in [0.2, 0.25) is 5.91 Å². The molecule has 4 aliphatic rings. The van der Waals surface area contributed by atoms with E-state index in [1.807, 2.05) is 54.6 Å². The highest BCUT2D eigenvalue weighted by Gasteiger charge is 2.81. The Bertz CT molecular complexity index is 1560. The predicted molar refractivity (Wildman–Crippen MR) is 139 cm³/mol. The zero-order chi connectivity index (χ0) is 26.1. The Hall–Kier alpha value is -4.48. The Balaban J connectivity index is 1.49. The minimum atomic E-state index is -1.46. The molecule has 38 heavy (non-hydrogen) atoms. The molecule has 2 fully saturated rings. The van der Waals surface area contributed by atoms with Crippen LogP contribution in [0.15, 0.2) is 72.8 Å². The maximum Gasteiger partial charge on any atom is 0.251 e. The first-order valence-electron chi connectivity index (χ1n) is 12.8. The number of rotatable bonds is 4. The fraction of sp³-hybridized carbons (Fsp3) is 0.267. The highest BCUT2D eigenvalue weighted by Crippen LogP contribution is 2.67. The third-order valence-corrected chi connectivity index (χ3v) is 8.73. The summed E-state index contributed by atoms with van der Waals surface area (Å²) in [5, 5.41) is 14.9. The summed E-state index contributed by atoms with van der Waals surface area (Å²) in [7, 11) is 0. The number of Topliss-reactive ketones (excluding diaryl/α,β-unsaturated/α-hetero) is 1. The zero-order valence-electron chi connectivity index (χ0n) is 20.4. The van der Waals surface area contributed by atoms with Crippen LogP contribution in [0.5, 0.6) is 5.75 Å². The van der Waals surface area contributed by atoms with Gasteiger partial charge in [0.25, 0.3) is 5.91 Å². The Morgan fingerprint density at radius 1 is 0.947 bits per heavy atom. The molecule has 3 aromatic carbocycles. The summed E-state index contributed by atoms with van der Waals surface area (Å²) >= 11 is 0. The van der Waals surface area contributed by atoms with Gasteiger partial charge in [0.1, 0.15) is 22.8 Å². The van der Waals surface area contributed by atoms with Crippen molar-refractivity contribution in [3.63, 3.8) is 0 Å². The lowest BCUT2D eigenvalue weighted by atomic mass is 9.57. The molecule has 2 N–H and O–H groups in total. The number of ether oxygens (including phenoxy) is 1. The van der Waals surface area contributed by atoms with Crippen LogP contribution in [0, 0.1) is 17.2 Å². The number of nitriles is 1. The molecule has 0 radical (unpaired) electrons. The first-order valence-corrected chi connectivity index (χ1v) is 12.8. The largest absolute Gasteiger partial charge is 0.479 e. The van der Waals surface area contributed by atoms with Gasteiger partial charge in [0.15, 0.2) is 12.4 Å². The maximum absolute atomic E-state index is 14.6. The Morgan fingerprint density at radius 3 is 2.34 bits per heavy atom. The normalized spacial score (nSPS) is 28.5. The maximum atomic E-state index is 14.6. The molecule has 4 aliphatic heterocycles. The fourth-order valence-corrected chi connectivity index (χ4v) is 7.54. The number of carbonyl (C=O) groups excluding carboxylic acids is 3. The fourth-order valence-electron chi connectivity index (χ4n) is 7.54. The summed E-state index contributed by atoms with van der Waals surface area (Å²) in [4.78, 5) is 45.4. The predicted octanol–water partition coefficient (Wildman–Crippen LogP) is 3.60. The molecule has 0 aliphatic carbocycles. The van der Waals surface area contributed by atoms with Crippen LogP contribution in [0.1, 0.15) is 34.3 Å². The number of carbonyl (C=O) groups is 3. The van der Waals surface area contributed by atoms with Gasteiger partial charge in [-0.15, -0.1) is 0 Å². The van der Waals surface area contributed by atoms with Gasteiger partial charge in [-0.1, -0.05) is 36.4 Å². The third-order valence-electron chi connectivity index (χ3n) is 8.73. The topological polar surface area (TPSA) is 112 Å². The van der Waals surface area contributed by atoms with Crippen molar-refractivity contribution in [2.45, 2.75) is 29.8 Å². The van der Waals surface area contributed by atoms with Gasteiger partial charge in [-0.2, -0.15) is 5.26 Å². The molecule has 7 rings (SSSR count). The molecular formula is C30H24N4O4. The number of benzene rings is 3. The van der Waals surface area contributed by atoms with E-state index < -0.39 is 16.9 Å². The second-order valence-corrected chi connectivity index (χ2v) is 10.2. The Kier molecular flexibility index (Phi) is 4.78. The van der Waals surface area contributed by atoms with E-state index in [9.17, 15) is 14.4 Å². The minimum Gasteiger partial charge on any atom is -0.479 e. The van der Waals surface area contributed by atoms with E-state index in [0.717, 1.165) is 12.0 Å². The molecule has 0 aromatic heterocycles. The van der Waals surface area contributed by atoms with E-state index in [1.54, 1.807) is 24.3 Å². The van der Waals surface area contributed by atoms with Gasteiger partial charge in [-0.05, 0) is 61.3 Å². The average molecular weight is 505 g/mol.